The van der Waals surface area contributed by atoms with Crippen LogP contribution in [0.4, 0.5) is 0 Å². The van der Waals surface area contributed by atoms with Crippen molar-refractivity contribution in [3.8, 4) is 5.75 Å². The van der Waals surface area contributed by atoms with Gasteiger partial charge in [-0.2, -0.15) is 0 Å². The fourth-order valence-corrected chi connectivity index (χ4v) is 11.1. The van der Waals surface area contributed by atoms with Crippen molar-refractivity contribution in [2.24, 2.45) is 35.5 Å². The van der Waals surface area contributed by atoms with E-state index in [0.29, 0.717) is 22.5 Å². The summed E-state index contributed by atoms with van der Waals surface area (Å²) in [7, 11) is 0. The van der Waals surface area contributed by atoms with Crippen molar-refractivity contribution in [3.05, 3.63) is 28.8 Å². The summed E-state index contributed by atoms with van der Waals surface area (Å²) in [5.41, 5.74) is 5.62. The molecular formula is C29H40O. The molecule has 1 aromatic carbocycles. The van der Waals surface area contributed by atoms with E-state index in [-0.39, 0.29) is 0 Å². The molecule has 30 heavy (non-hydrogen) atoms. The van der Waals surface area contributed by atoms with Crippen LogP contribution in [0.25, 0.3) is 0 Å². The highest BCUT2D eigenvalue weighted by molar-refractivity contribution is 5.54. The number of aromatic hydroxyl groups is 1. The van der Waals surface area contributed by atoms with Gasteiger partial charge >= 0.3 is 0 Å². The van der Waals surface area contributed by atoms with E-state index >= 15 is 0 Å². The molecule has 8 fully saturated rings. The summed E-state index contributed by atoms with van der Waals surface area (Å²) < 4.78 is 0. The van der Waals surface area contributed by atoms with Crippen molar-refractivity contribution in [1.82, 2.24) is 0 Å². The van der Waals surface area contributed by atoms with Gasteiger partial charge < -0.3 is 5.11 Å². The molecule has 8 bridgehead atoms. The molecule has 8 aliphatic carbocycles. The van der Waals surface area contributed by atoms with Crippen molar-refractivity contribution in [3.63, 3.8) is 0 Å². The van der Waals surface area contributed by atoms with Gasteiger partial charge in [-0.1, -0.05) is 19.9 Å². The van der Waals surface area contributed by atoms with E-state index in [2.05, 4.69) is 26.0 Å². The lowest BCUT2D eigenvalue weighted by Gasteiger charge is -2.61. The topological polar surface area (TPSA) is 20.2 Å². The Morgan fingerprint density at radius 1 is 0.667 bits per heavy atom. The molecule has 0 unspecified atom stereocenters. The minimum Gasteiger partial charge on any atom is -0.508 e. The zero-order valence-electron chi connectivity index (χ0n) is 19.1. The van der Waals surface area contributed by atoms with Crippen LogP contribution in [0.3, 0.4) is 0 Å². The zero-order chi connectivity index (χ0) is 20.3. The average molecular weight is 405 g/mol. The zero-order valence-corrected chi connectivity index (χ0v) is 19.1. The molecule has 0 saturated heterocycles. The van der Waals surface area contributed by atoms with Gasteiger partial charge in [0.25, 0.3) is 0 Å². The van der Waals surface area contributed by atoms with Crippen molar-refractivity contribution >= 4 is 0 Å². The van der Waals surface area contributed by atoms with Gasteiger partial charge in [0.2, 0.25) is 0 Å². The summed E-state index contributed by atoms with van der Waals surface area (Å²) in [4.78, 5) is 0. The molecule has 0 spiro atoms. The standard InChI is InChI=1S/C29H40O/c1-17(2)26-25(30)4-3-24(28-11-18-5-19(12-28)7-20(6-18)13-28)27(26)29-14-21-8-22(15-29)10-23(9-21)16-29/h3-4,17-23,30H,5-16H2,1-2H3. The lowest BCUT2D eigenvalue weighted by molar-refractivity contribution is -0.0179. The average Bonchev–Trinajstić information content (AvgIpc) is 2.65. The van der Waals surface area contributed by atoms with Gasteiger partial charge in [0, 0.05) is 5.56 Å². The first-order valence-electron chi connectivity index (χ1n) is 13.3. The van der Waals surface area contributed by atoms with Crippen molar-refractivity contribution < 1.29 is 5.11 Å². The second kappa shape index (κ2) is 6.08. The lowest BCUT2D eigenvalue weighted by atomic mass is 9.43. The van der Waals surface area contributed by atoms with Crippen LogP contribution in [-0.4, -0.2) is 5.11 Å². The molecule has 0 radical (unpaired) electrons. The predicted octanol–water partition coefficient (Wildman–Crippen LogP) is 7.45. The van der Waals surface area contributed by atoms with Gasteiger partial charge in [-0.25, -0.2) is 0 Å². The smallest absolute Gasteiger partial charge is 0.119 e. The summed E-state index contributed by atoms with van der Waals surface area (Å²) >= 11 is 0. The van der Waals surface area contributed by atoms with Crippen LogP contribution in [0.15, 0.2) is 12.1 Å². The first kappa shape index (κ1) is 18.6. The monoisotopic (exact) mass is 404 g/mol. The van der Waals surface area contributed by atoms with E-state index in [1.54, 1.807) is 11.1 Å². The number of benzene rings is 1. The first-order valence-corrected chi connectivity index (χ1v) is 13.3. The van der Waals surface area contributed by atoms with Crippen LogP contribution in [0.2, 0.25) is 0 Å². The maximum atomic E-state index is 11.2. The molecule has 1 nitrogen and oxygen atoms in total. The van der Waals surface area contributed by atoms with Gasteiger partial charge in [-0.15, -0.1) is 0 Å². The normalized spacial score (nSPS) is 48.1. The maximum Gasteiger partial charge on any atom is 0.119 e. The van der Waals surface area contributed by atoms with Crippen LogP contribution >= 0.6 is 0 Å². The molecule has 0 heterocycles. The van der Waals surface area contributed by atoms with Gasteiger partial charge in [0.1, 0.15) is 5.75 Å². The van der Waals surface area contributed by atoms with Gasteiger partial charge in [0.15, 0.2) is 0 Å². The SMILES string of the molecule is CC(C)c1c(O)ccc(C23CC4CC(CC(C4)C2)C3)c1C12CC3CC(CC(C3)C1)C2. The third-order valence-corrected chi connectivity index (χ3v) is 11.0. The Hall–Kier alpha value is -0.980. The van der Waals surface area contributed by atoms with Gasteiger partial charge in [-0.3, -0.25) is 0 Å². The minimum absolute atomic E-state index is 0.381. The van der Waals surface area contributed by atoms with Crippen LogP contribution in [-0.2, 0) is 10.8 Å². The number of hydrogen-bond donors (Lipinski definition) is 1. The van der Waals surface area contributed by atoms with Crippen LogP contribution < -0.4 is 0 Å². The van der Waals surface area contributed by atoms with Crippen LogP contribution in [0.5, 0.6) is 5.75 Å². The quantitative estimate of drug-likeness (QED) is 0.554. The lowest BCUT2D eigenvalue weighted by Crippen LogP contribution is -2.52. The maximum absolute atomic E-state index is 11.2. The Bertz CT molecular complexity index is 806. The summed E-state index contributed by atoms with van der Waals surface area (Å²) in [5.74, 6) is 6.85. The largest absolute Gasteiger partial charge is 0.508 e. The summed E-state index contributed by atoms with van der Waals surface area (Å²) in [5, 5.41) is 11.2. The number of hydrogen-bond acceptors (Lipinski definition) is 1. The van der Waals surface area contributed by atoms with Crippen molar-refractivity contribution in [2.75, 3.05) is 0 Å². The number of rotatable bonds is 3. The number of phenolic OH excluding ortho intramolecular Hbond substituents is 1. The van der Waals surface area contributed by atoms with E-state index < -0.39 is 0 Å². The molecule has 162 valence electrons. The van der Waals surface area contributed by atoms with E-state index in [1.807, 2.05) is 0 Å². The Morgan fingerprint density at radius 2 is 1.07 bits per heavy atom. The first-order chi connectivity index (χ1) is 14.4. The Balaban J connectivity index is 1.44. The van der Waals surface area contributed by atoms with E-state index in [4.69, 9.17) is 0 Å². The summed E-state index contributed by atoms with van der Waals surface area (Å²) in [6, 6.07) is 4.55. The molecule has 1 heteroatoms. The molecular weight excluding hydrogens is 364 g/mol. The second-order valence-corrected chi connectivity index (χ2v) is 13.5. The fraction of sp³-hybridized carbons (Fsp3) is 0.793. The highest BCUT2D eigenvalue weighted by Gasteiger charge is 2.57. The Morgan fingerprint density at radius 3 is 1.47 bits per heavy atom. The van der Waals surface area contributed by atoms with E-state index in [0.717, 1.165) is 35.5 Å². The van der Waals surface area contributed by atoms with E-state index in [1.165, 1.54) is 82.6 Å². The molecule has 1 N–H and O–H groups in total. The predicted molar refractivity (Wildman–Crippen MR) is 122 cm³/mol. The van der Waals surface area contributed by atoms with E-state index in [9.17, 15) is 5.11 Å². The number of phenols is 1. The molecule has 8 aliphatic rings. The third-order valence-electron chi connectivity index (χ3n) is 11.0. The van der Waals surface area contributed by atoms with Crippen molar-refractivity contribution in [2.45, 2.75) is 108 Å². The van der Waals surface area contributed by atoms with Gasteiger partial charge in [-0.05, 0) is 146 Å². The Kier molecular flexibility index (Phi) is 3.76. The molecule has 8 saturated carbocycles. The molecule has 9 rings (SSSR count). The van der Waals surface area contributed by atoms with Crippen LogP contribution in [0.1, 0.15) is 114 Å². The fourth-order valence-electron chi connectivity index (χ4n) is 11.1. The Labute approximate surface area is 183 Å². The molecule has 1 aromatic rings. The van der Waals surface area contributed by atoms with Crippen LogP contribution in [0, 0.1) is 35.5 Å². The highest BCUT2D eigenvalue weighted by atomic mass is 16.3. The molecule has 0 aliphatic heterocycles. The molecule has 0 amide bonds. The third kappa shape index (κ3) is 2.47. The van der Waals surface area contributed by atoms with Crippen molar-refractivity contribution in [1.29, 1.82) is 0 Å². The minimum atomic E-state index is 0.381. The summed E-state index contributed by atoms with van der Waals surface area (Å²) in [6.45, 7) is 4.67. The molecule has 0 atom stereocenters. The second-order valence-electron chi connectivity index (χ2n) is 13.5. The highest BCUT2D eigenvalue weighted by Crippen LogP contribution is 2.66. The van der Waals surface area contributed by atoms with Gasteiger partial charge in [0.05, 0.1) is 0 Å². The summed E-state index contributed by atoms with van der Waals surface area (Å²) in [6.07, 6.45) is 17.6. The molecule has 0 aromatic heterocycles.